The molecule has 1 atom stereocenters. The number of hydrogen-bond donors (Lipinski definition) is 0. The van der Waals surface area contributed by atoms with E-state index in [2.05, 4.69) is 25.8 Å². The molecule has 1 aromatic heterocycles. The van der Waals surface area contributed by atoms with Crippen molar-refractivity contribution in [1.29, 1.82) is 0 Å². The van der Waals surface area contributed by atoms with E-state index in [1.54, 1.807) is 11.3 Å². The number of carbonyl (C=O) groups excluding carboxylic acids is 1. The van der Waals surface area contributed by atoms with Crippen molar-refractivity contribution >= 4 is 17.2 Å². The second-order valence-corrected chi connectivity index (χ2v) is 8.33. The summed E-state index contributed by atoms with van der Waals surface area (Å²) < 4.78 is 5.83. The maximum absolute atomic E-state index is 13.1. The Balaban J connectivity index is 1.67. The van der Waals surface area contributed by atoms with Crippen LogP contribution in [0.2, 0.25) is 0 Å². The van der Waals surface area contributed by atoms with Gasteiger partial charge >= 0.3 is 0 Å². The Morgan fingerprint density at radius 3 is 2.31 bits per heavy atom. The van der Waals surface area contributed by atoms with Crippen molar-refractivity contribution in [2.24, 2.45) is 0 Å². The van der Waals surface area contributed by atoms with Gasteiger partial charge in [0.2, 0.25) is 0 Å². The Morgan fingerprint density at radius 1 is 1.07 bits per heavy atom. The fourth-order valence-corrected chi connectivity index (χ4v) is 3.65. The Kier molecular flexibility index (Phi) is 7.04. The first-order valence-corrected chi connectivity index (χ1v) is 10.8. The number of thiazole rings is 1. The van der Waals surface area contributed by atoms with Gasteiger partial charge in [-0.05, 0) is 51.5 Å². The molecule has 0 aliphatic carbocycles. The molecule has 0 saturated carbocycles. The van der Waals surface area contributed by atoms with Crippen molar-refractivity contribution in [3.05, 3.63) is 81.3 Å². The van der Waals surface area contributed by atoms with Gasteiger partial charge in [0.25, 0.3) is 5.91 Å². The maximum Gasteiger partial charge on any atom is 0.254 e. The highest BCUT2D eigenvalue weighted by molar-refractivity contribution is 7.09. The monoisotopic (exact) mass is 408 g/mol. The molecule has 0 aliphatic rings. The van der Waals surface area contributed by atoms with Crippen LogP contribution in [-0.4, -0.2) is 21.8 Å². The summed E-state index contributed by atoms with van der Waals surface area (Å²) in [6, 6.07) is 15.9. The molecule has 0 radical (unpaired) electrons. The van der Waals surface area contributed by atoms with E-state index in [9.17, 15) is 4.79 Å². The molecule has 3 rings (SSSR count). The third-order valence-corrected chi connectivity index (χ3v) is 5.87. The third-order valence-electron chi connectivity index (χ3n) is 5.00. The van der Waals surface area contributed by atoms with Gasteiger partial charge in [0.1, 0.15) is 17.4 Å². The number of aryl methyl sites for hydroxylation is 2. The summed E-state index contributed by atoms with van der Waals surface area (Å²) in [6.07, 6.45) is 0.894. The fourth-order valence-electron chi connectivity index (χ4n) is 2.95. The smallest absolute Gasteiger partial charge is 0.254 e. The second-order valence-electron chi connectivity index (χ2n) is 7.39. The predicted octanol–water partition coefficient (Wildman–Crippen LogP) is 5.78. The quantitative estimate of drug-likeness (QED) is 0.474. The van der Waals surface area contributed by atoms with Crippen LogP contribution in [0, 0.1) is 13.8 Å². The van der Waals surface area contributed by atoms with Crippen LogP contribution in [0.15, 0.2) is 53.9 Å². The number of aromatic nitrogens is 1. The molecular formula is C24H28N2O2S. The number of ether oxygens (including phenoxy) is 1. The molecule has 152 valence electrons. The van der Waals surface area contributed by atoms with Gasteiger partial charge in [0.05, 0.1) is 12.2 Å². The Labute approximate surface area is 177 Å². The molecule has 2 aromatic carbocycles. The van der Waals surface area contributed by atoms with Gasteiger partial charge in [0.15, 0.2) is 0 Å². The number of amides is 1. The number of rotatable bonds is 8. The largest absolute Gasteiger partial charge is 0.486 e. The average Bonchev–Trinajstić information content (AvgIpc) is 3.18. The lowest BCUT2D eigenvalue weighted by Gasteiger charge is -2.28. The first kappa shape index (κ1) is 21.1. The lowest BCUT2D eigenvalue weighted by molar-refractivity contribution is 0.0669. The molecule has 0 saturated heterocycles. The number of benzene rings is 2. The van der Waals surface area contributed by atoms with Gasteiger partial charge in [0, 0.05) is 17.0 Å². The van der Waals surface area contributed by atoms with Gasteiger partial charge in [-0.25, -0.2) is 4.98 Å². The highest BCUT2D eigenvalue weighted by Crippen LogP contribution is 2.19. The van der Waals surface area contributed by atoms with Gasteiger partial charge < -0.3 is 9.64 Å². The van der Waals surface area contributed by atoms with Crippen molar-refractivity contribution in [2.75, 3.05) is 0 Å². The topological polar surface area (TPSA) is 42.4 Å². The number of nitrogens with zero attached hydrogens (tertiary/aromatic N) is 2. The summed E-state index contributed by atoms with van der Waals surface area (Å²) in [7, 11) is 0. The summed E-state index contributed by atoms with van der Waals surface area (Å²) in [5.74, 6) is 0.882. The molecule has 0 bridgehead atoms. The van der Waals surface area contributed by atoms with E-state index < -0.39 is 0 Å². The van der Waals surface area contributed by atoms with Gasteiger partial charge in [-0.3, -0.25) is 4.79 Å². The summed E-state index contributed by atoms with van der Waals surface area (Å²) in [6.45, 7) is 9.20. The maximum atomic E-state index is 13.1. The molecule has 0 spiro atoms. The molecule has 1 heterocycles. The minimum atomic E-state index is 0.0461. The minimum absolute atomic E-state index is 0.0461. The first-order chi connectivity index (χ1) is 14.0. The Hall–Kier alpha value is -2.66. The van der Waals surface area contributed by atoms with E-state index in [-0.39, 0.29) is 11.9 Å². The van der Waals surface area contributed by atoms with E-state index in [1.807, 2.05) is 65.7 Å². The summed E-state index contributed by atoms with van der Waals surface area (Å²) in [4.78, 5) is 19.7. The predicted molar refractivity (Wildman–Crippen MR) is 118 cm³/mol. The van der Waals surface area contributed by atoms with E-state index >= 15 is 0 Å². The molecule has 4 nitrogen and oxygen atoms in total. The van der Waals surface area contributed by atoms with Crippen LogP contribution in [0.5, 0.6) is 5.75 Å². The molecule has 1 amide bonds. The fraction of sp³-hybridized carbons (Fsp3) is 0.333. The van der Waals surface area contributed by atoms with E-state index in [1.165, 1.54) is 5.56 Å². The highest BCUT2D eigenvalue weighted by Gasteiger charge is 2.22. The molecular weight excluding hydrogens is 380 g/mol. The minimum Gasteiger partial charge on any atom is -0.486 e. The van der Waals surface area contributed by atoms with Crippen molar-refractivity contribution in [3.63, 3.8) is 0 Å². The summed E-state index contributed by atoms with van der Waals surface area (Å²) >= 11 is 1.57. The van der Waals surface area contributed by atoms with Crippen LogP contribution in [0.4, 0.5) is 0 Å². The molecule has 0 unspecified atom stereocenters. The molecule has 0 aliphatic heterocycles. The lowest BCUT2D eigenvalue weighted by Crippen LogP contribution is -2.37. The summed E-state index contributed by atoms with van der Waals surface area (Å²) in [5.41, 5.74) is 3.97. The number of hydrogen-bond acceptors (Lipinski definition) is 4. The Bertz CT molecular complexity index is 932. The molecule has 0 N–H and O–H groups in total. The first-order valence-electron chi connectivity index (χ1n) is 9.96. The van der Waals surface area contributed by atoms with Crippen LogP contribution < -0.4 is 4.74 Å². The second kappa shape index (κ2) is 9.70. The summed E-state index contributed by atoms with van der Waals surface area (Å²) in [5, 5.41) is 2.93. The molecule has 0 fully saturated rings. The van der Waals surface area contributed by atoms with Crippen LogP contribution in [0.25, 0.3) is 0 Å². The molecule has 5 heteroatoms. The highest BCUT2D eigenvalue weighted by atomic mass is 32.1. The van der Waals surface area contributed by atoms with Crippen molar-refractivity contribution in [2.45, 2.75) is 53.3 Å². The van der Waals surface area contributed by atoms with Gasteiger partial charge in [-0.2, -0.15) is 0 Å². The SMILES string of the molecule is CC[C@@H](C)N(Cc1csc(COc2ccc(C)cc2)n1)C(=O)c1ccc(C)cc1. The van der Waals surface area contributed by atoms with Crippen molar-refractivity contribution < 1.29 is 9.53 Å². The van der Waals surface area contributed by atoms with Crippen molar-refractivity contribution in [3.8, 4) is 5.75 Å². The average molecular weight is 409 g/mol. The van der Waals surface area contributed by atoms with Crippen LogP contribution in [-0.2, 0) is 13.2 Å². The van der Waals surface area contributed by atoms with Gasteiger partial charge in [-0.15, -0.1) is 11.3 Å². The zero-order valence-corrected chi connectivity index (χ0v) is 18.3. The van der Waals surface area contributed by atoms with Crippen LogP contribution in [0.1, 0.15) is 52.5 Å². The van der Waals surface area contributed by atoms with Crippen LogP contribution in [0.3, 0.4) is 0 Å². The lowest BCUT2D eigenvalue weighted by atomic mass is 10.1. The van der Waals surface area contributed by atoms with E-state index in [0.29, 0.717) is 18.7 Å². The molecule has 3 aromatic rings. The number of carbonyl (C=O) groups is 1. The zero-order chi connectivity index (χ0) is 20.8. The van der Waals surface area contributed by atoms with Gasteiger partial charge in [-0.1, -0.05) is 42.3 Å². The van der Waals surface area contributed by atoms with E-state index in [0.717, 1.165) is 28.4 Å². The molecule has 29 heavy (non-hydrogen) atoms. The zero-order valence-electron chi connectivity index (χ0n) is 17.5. The normalized spacial score (nSPS) is 11.9. The third kappa shape index (κ3) is 5.67. The van der Waals surface area contributed by atoms with Crippen molar-refractivity contribution in [1.82, 2.24) is 9.88 Å². The standard InChI is InChI=1S/C24H28N2O2S/c1-5-19(4)26(24(27)20-10-6-17(2)7-11-20)14-21-16-29-23(25-21)15-28-22-12-8-18(3)9-13-22/h6-13,16,19H,5,14-15H2,1-4H3/t19-/m1/s1. The van der Waals surface area contributed by atoms with E-state index in [4.69, 9.17) is 4.74 Å². The van der Waals surface area contributed by atoms with Crippen LogP contribution >= 0.6 is 11.3 Å². The Morgan fingerprint density at radius 2 is 1.69 bits per heavy atom.